The van der Waals surface area contributed by atoms with Crippen molar-refractivity contribution in [2.45, 2.75) is 13.8 Å². The van der Waals surface area contributed by atoms with E-state index < -0.39 is 0 Å². The minimum absolute atomic E-state index is 0.116. The number of aryl methyl sites for hydroxylation is 1. The van der Waals surface area contributed by atoms with Gasteiger partial charge in [0.05, 0.1) is 11.0 Å². The number of nitrogens with one attached hydrogen (secondary N) is 2. The maximum absolute atomic E-state index is 12.2. The lowest BCUT2D eigenvalue weighted by molar-refractivity contribution is -0.129. The lowest BCUT2D eigenvalue weighted by atomic mass is 10.1. The summed E-state index contributed by atoms with van der Waals surface area (Å²) < 4.78 is 0. The molecule has 1 amide bonds. The van der Waals surface area contributed by atoms with E-state index in [-0.39, 0.29) is 11.5 Å². The Balaban J connectivity index is 1.71. The fraction of sp³-hybridized carbons (Fsp3) is 0.316. The highest BCUT2D eigenvalue weighted by atomic mass is 16.2. The highest BCUT2D eigenvalue weighted by Crippen LogP contribution is 2.28. The number of nitrogens with two attached hydrogens (primary N) is 1. The molecule has 3 aromatic rings. The molecular weight excluding hydrogens is 344 g/mol. The van der Waals surface area contributed by atoms with E-state index in [0.717, 1.165) is 48.5 Å². The Morgan fingerprint density at radius 3 is 2.63 bits per heavy atom. The van der Waals surface area contributed by atoms with Gasteiger partial charge in [-0.2, -0.15) is 0 Å². The van der Waals surface area contributed by atoms with E-state index in [1.54, 1.807) is 13.0 Å². The molecule has 4 N–H and O–H groups in total. The van der Waals surface area contributed by atoms with Crippen LogP contribution in [0, 0.1) is 6.92 Å². The van der Waals surface area contributed by atoms with Gasteiger partial charge in [0.2, 0.25) is 5.91 Å². The van der Waals surface area contributed by atoms with Crippen LogP contribution in [-0.2, 0) is 4.79 Å². The molecule has 1 fully saturated rings. The number of piperazine rings is 1. The fourth-order valence-corrected chi connectivity index (χ4v) is 3.59. The van der Waals surface area contributed by atoms with Crippen molar-refractivity contribution in [2.75, 3.05) is 36.8 Å². The van der Waals surface area contributed by atoms with Gasteiger partial charge in [0.1, 0.15) is 11.4 Å². The summed E-state index contributed by atoms with van der Waals surface area (Å²) >= 11 is 0. The monoisotopic (exact) mass is 366 g/mol. The van der Waals surface area contributed by atoms with Gasteiger partial charge >= 0.3 is 0 Å². The topological polar surface area (TPSA) is 111 Å². The van der Waals surface area contributed by atoms with Crippen LogP contribution >= 0.6 is 0 Å². The molecule has 0 atom stereocenters. The zero-order chi connectivity index (χ0) is 19.1. The molecule has 2 aromatic heterocycles. The first-order valence-corrected chi connectivity index (χ1v) is 8.92. The molecular formula is C19H22N6O2. The number of nitrogens with zero attached hydrogens (tertiary/aromatic N) is 3. The van der Waals surface area contributed by atoms with Crippen LogP contribution in [0.3, 0.4) is 0 Å². The number of rotatable bonds is 2. The second kappa shape index (κ2) is 6.46. The Morgan fingerprint density at radius 1 is 1.22 bits per heavy atom. The Bertz CT molecular complexity index is 1080. The first-order chi connectivity index (χ1) is 12.9. The van der Waals surface area contributed by atoms with Gasteiger partial charge in [-0.1, -0.05) is 0 Å². The number of amides is 1. The van der Waals surface area contributed by atoms with Gasteiger partial charge < -0.3 is 25.5 Å². The molecule has 1 aliphatic heterocycles. The number of aromatic nitrogens is 3. The van der Waals surface area contributed by atoms with Crippen molar-refractivity contribution in [3.8, 4) is 11.4 Å². The quantitative estimate of drug-likeness (QED) is 0.636. The summed E-state index contributed by atoms with van der Waals surface area (Å²) in [6.45, 7) is 6.62. The molecule has 8 heteroatoms. The van der Waals surface area contributed by atoms with E-state index in [4.69, 9.17) is 5.73 Å². The number of imidazole rings is 1. The standard InChI is InChI=1S/C19H22N6O2/c1-11-9-13(25-7-5-24(6-8-25)12(2)26)10-15-17(11)23-18(22-15)16-14(20)3-4-21-19(16)27/h3-4,9-10H,5-8H2,1-2H3,(H,22,23)(H3,20,21,27). The van der Waals surface area contributed by atoms with E-state index >= 15 is 0 Å². The zero-order valence-corrected chi connectivity index (χ0v) is 15.4. The molecule has 1 aliphatic rings. The normalized spacial score (nSPS) is 14.7. The number of anilines is 2. The smallest absolute Gasteiger partial charge is 0.261 e. The van der Waals surface area contributed by atoms with Crippen molar-refractivity contribution in [3.63, 3.8) is 0 Å². The van der Waals surface area contributed by atoms with Crippen LogP contribution in [-0.4, -0.2) is 51.9 Å². The molecule has 1 aromatic carbocycles. The number of H-pyrrole nitrogens is 2. The summed E-state index contributed by atoms with van der Waals surface area (Å²) in [6, 6.07) is 5.78. The van der Waals surface area contributed by atoms with Crippen LogP contribution < -0.4 is 16.2 Å². The molecule has 0 radical (unpaired) electrons. The molecule has 140 valence electrons. The number of nitrogen functional groups attached to an aromatic ring is 1. The van der Waals surface area contributed by atoms with Crippen molar-refractivity contribution >= 4 is 28.3 Å². The summed E-state index contributed by atoms with van der Waals surface area (Å²) in [5.74, 6) is 0.580. The molecule has 0 saturated carbocycles. The lowest BCUT2D eigenvalue weighted by Gasteiger charge is -2.35. The maximum atomic E-state index is 12.2. The lowest BCUT2D eigenvalue weighted by Crippen LogP contribution is -2.48. The Kier molecular flexibility index (Phi) is 4.10. The number of carbonyl (C=O) groups excluding carboxylic acids is 1. The number of hydrogen-bond acceptors (Lipinski definition) is 5. The van der Waals surface area contributed by atoms with E-state index in [9.17, 15) is 9.59 Å². The second-order valence-electron chi connectivity index (χ2n) is 6.87. The molecule has 4 rings (SSSR count). The third-order valence-corrected chi connectivity index (χ3v) is 5.08. The zero-order valence-electron chi connectivity index (χ0n) is 15.4. The third kappa shape index (κ3) is 3.03. The van der Waals surface area contributed by atoms with E-state index in [0.29, 0.717) is 17.1 Å². The predicted molar refractivity (Wildman–Crippen MR) is 106 cm³/mol. The molecule has 0 bridgehead atoms. The average Bonchev–Trinajstić information content (AvgIpc) is 3.06. The van der Waals surface area contributed by atoms with Crippen molar-refractivity contribution in [2.24, 2.45) is 0 Å². The number of fused-ring (bicyclic) bond motifs is 1. The summed E-state index contributed by atoms with van der Waals surface area (Å²) in [5, 5.41) is 0. The van der Waals surface area contributed by atoms with Crippen molar-refractivity contribution < 1.29 is 4.79 Å². The molecule has 1 saturated heterocycles. The first kappa shape index (κ1) is 17.1. The average molecular weight is 366 g/mol. The minimum atomic E-state index is -0.271. The SMILES string of the molecule is CC(=O)N1CCN(c2cc(C)c3nc(-c4c(N)cc[nH]c4=O)[nH]c3c2)CC1. The van der Waals surface area contributed by atoms with Crippen LogP contribution in [0.1, 0.15) is 12.5 Å². The van der Waals surface area contributed by atoms with Gasteiger partial charge in [0, 0.05) is 50.7 Å². The van der Waals surface area contributed by atoms with Gasteiger partial charge in [-0.3, -0.25) is 9.59 Å². The number of aromatic amines is 2. The fourth-order valence-electron chi connectivity index (χ4n) is 3.59. The predicted octanol–water partition coefficient (Wildman–Crippen LogP) is 1.48. The molecule has 27 heavy (non-hydrogen) atoms. The Morgan fingerprint density at radius 2 is 1.96 bits per heavy atom. The molecule has 3 heterocycles. The van der Waals surface area contributed by atoms with E-state index in [1.807, 2.05) is 17.9 Å². The Hall–Kier alpha value is -3.29. The van der Waals surface area contributed by atoms with Crippen LogP contribution in [0.5, 0.6) is 0 Å². The summed E-state index contributed by atoms with van der Waals surface area (Å²) in [5.41, 5.74) is 10.2. The first-order valence-electron chi connectivity index (χ1n) is 8.92. The van der Waals surface area contributed by atoms with Crippen LogP contribution in [0.4, 0.5) is 11.4 Å². The molecule has 0 spiro atoms. The molecule has 0 aliphatic carbocycles. The third-order valence-electron chi connectivity index (χ3n) is 5.08. The van der Waals surface area contributed by atoms with Crippen LogP contribution in [0.2, 0.25) is 0 Å². The van der Waals surface area contributed by atoms with Crippen molar-refractivity contribution in [3.05, 3.63) is 40.3 Å². The Labute approximate surface area is 156 Å². The maximum Gasteiger partial charge on any atom is 0.261 e. The van der Waals surface area contributed by atoms with Gasteiger partial charge in [-0.25, -0.2) is 4.98 Å². The molecule has 0 unspecified atom stereocenters. The highest BCUT2D eigenvalue weighted by Gasteiger charge is 2.20. The van der Waals surface area contributed by atoms with Crippen LogP contribution in [0.25, 0.3) is 22.4 Å². The van der Waals surface area contributed by atoms with Crippen molar-refractivity contribution in [1.82, 2.24) is 19.9 Å². The van der Waals surface area contributed by atoms with Crippen LogP contribution in [0.15, 0.2) is 29.2 Å². The number of carbonyl (C=O) groups is 1. The molecule has 8 nitrogen and oxygen atoms in total. The van der Waals surface area contributed by atoms with Gasteiger partial charge in [0.25, 0.3) is 5.56 Å². The van der Waals surface area contributed by atoms with E-state index in [1.165, 1.54) is 6.20 Å². The second-order valence-corrected chi connectivity index (χ2v) is 6.87. The summed E-state index contributed by atoms with van der Waals surface area (Å²) in [6.07, 6.45) is 1.52. The van der Waals surface area contributed by atoms with Gasteiger partial charge in [-0.15, -0.1) is 0 Å². The highest BCUT2D eigenvalue weighted by molar-refractivity contribution is 5.87. The van der Waals surface area contributed by atoms with Crippen molar-refractivity contribution in [1.29, 1.82) is 0 Å². The van der Waals surface area contributed by atoms with E-state index in [2.05, 4.69) is 25.9 Å². The van der Waals surface area contributed by atoms with Gasteiger partial charge in [0.15, 0.2) is 0 Å². The minimum Gasteiger partial charge on any atom is -0.398 e. The largest absolute Gasteiger partial charge is 0.398 e. The summed E-state index contributed by atoms with van der Waals surface area (Å²) in [4.78, 5) is 38.3. The number of hydrogen-bond donors (Lipinski definition) is 3. The number of benzene rings is 1. The number of pyridine rings is 1. The summed E-state index contributed by atoms with van der Waals surface area (Å²) in [7, 11) is 0. The van der Waals surface area contributed by atoms with Gasteiger partial charge in [-0.05, 0) is 30.7 Å².